The first kappa shape index (κ1) is 17.2. The van der Waals surface area contributed by atoms with Crippen molar-refractivity contribution in [2.75, 3.05) is 29.9 Å². The zero-order valence-corrected chi connectivity index (χ0v) is 15.1. The highest BCUT2D eigenvalue weighted by Gasteiger charge is 2.25. The van der Waals surface area contributed by atoms with Gasteiger partial charge in [0.15, 0.2) is 5.52 Å². The number of rotatable bonds is 5. The number of nitrogens with zero attached hydrogens (tertiary/aromatic N) is 4. The number of aryl methyl sites for hydroxylation is 1. The molecule has 1 aromatic carbocycles. The number of nitro groups is 1. The lowest BCUT2D eigenvalue weighted by Gasteiger charge is -2.21. The number of anilines is 2. The lowest BCUT2D eigenvalue weighted by molar-refractivity contribution is -0.383. The highest BCUT2D eigenvalue weighted by molar-refractivity contribution is 5.97. The molecule has 0 aliphatic carbocycles. The van der Waals surface area contributed by atoms with Crippen LogP contribution in [0.2, 0.25) is 0 Å². The van der Waals surface area contributed by atoms with Crippen LogP contribution in [0.1, 0.15) is 12.1 Å². The second-order valence-corrected chi connectivity index (χ2v) is 6.91. The first-order valence-corrected chi connectivity index (χ1v) is 9.06. The number of nitrogens with one attached hydrogen (secondary N) is 1. The molecule has 1 unspecified atom stereocenters. The van der Waals surface area contributed by atoms with E-state index in [9.17, 15) is 10.1 Å². The van der Waals surface area contributed by atoms with E-state index < -0.39 is 0 Å². The fourth-order valence-electron chi connectivity index (χ4n) is 3.68. The summed E-state index contributed by atoms with van der Waals surface area (Å²) >= 11 is 0. The van der Waals surface area contributed by atoms with Crippen molar-refractivity contribution in [2.24, 2.45) is 5.92 Å². The van der Waals surface area contributed by atoms with E-state index in [2.05, 4.69) is 20.2 Å². The molecule has 0 spiro atoms. The van der Waals surface area contributed by atoms with Crippen LogP contribution in [0.3, 0.4) is 0 Å². The van der Waals surface area contributed by atoms with Crippen molar-refractivity contribution in [1.82, 2.24) is 9.97 Å². The number of para-hydroxylation sites is 1. The fraction of sp³-hybridized carbons (Fsp3) is 0.300. The topological polar surface area (TPSA) is 84.2 Å². The second kappa shape index (κ2) is 7.19. The van der Waals surface area contributed by atoms with Gasteiger partial charge in [-0.05, 0) is 37.5 Å². The smallest absolute Gasteiger partial charge is 0.295 e. The lowest BCUT2D eigenvalue weighted by atomic mass is 10.1. The molecule has 1 atom stereocenters. The molecule has 0 saturated carbocycles. The first-order valence-electron chi connectivity index (χ1n) is 9.06. The molecule has 7 nitrogen and oxygen atoms in total. The quantitative estimate of drug-likeness (QED) is 0.548. The molecule has 1 aliphatic rings. The van der Waals surface area contributed by atoms with Crippen LogP contribution in [-0.2, 0) is 0 Å². The summed E-state index contributed by atoms with van der Waals surface area (Å²) in [7, 11) is 0. The highest BCUT2D eigenvalue weighted by Crippen LogP contribution is 2.34. The molecule has 2 aromatic heterocycles. The molecule has 1 aliphatic heterocycles. The van der Waals surface area contributed by atoms with Crippen LogP contribution < -0.4 is 10.2 Å². The van der Waals surface area contributed by atoms with Crippen molar-refractivity contribution in [3.8, 4) is 0 Å². The minimum Gasteiger partial charge on any atom is -0.371 e. The highest BCUT2D eigenvalue weighted by atomic mass is 16.6. The van der Waals surface area contributed by atoms with E-state index in [-0.39, 0.29) is 10.6 Å². The van der Waals surface area contributed by atoms with Crippen LogP contribution in [0.25, 0.3) is 10.9 Å². The summed E-state index contributed by atoms with van der Waals surface area (Å²) in [4.78, 5) is 22.1. The standard InChI is InChI=1S/C20H21N5O2/c1-14-11-18(16-5-4-6-17(25(26)27)20(16)23-14)24-10-8-15(13-24)12-22-19-7-2-3-9-21-19/h2-7,9,11,15H,8,10,12-13H2,1H3,(H,21,22). The number of nitro benzene ring substituents is 1. The minimum absolute atomic E-state index is 0.0602. The number of hydrogen-bond acceptors (Lipinski definition) is 6. The van der Waals surface area contributed by atoms with Crippen LogP contribution in [0, 0.1) is 23.0 Å². The van der Waals surface area contributed by atoms with E-state index in [1.54, 1.807) is 12.3 Å². The molecule has 3 heterocycles. The molecular formula is C20H21N5O2. The molecule has 0 amide bonds. The molecule has 3 aromatic rings. The third kappa shape index (κ3) is 3.53. The molecule has 7 heteroatoms. The first-order chi connectivity index (χ1) is 13.1. The van der Waals surface area contributed by atoms with Crippen LogP contribution in [0.4, 0.5) is 17.2 Å². The van der Waals surface area contributed by atoms with Crippen LogP contribution in [-0.4, -0.2) is 34.5 Å². The van der Waals surface area contributed by atoms with Gasteiger partial charge in [0.25, 0.3) is 5.69 Å². The van der Waals surface area contributed by atoms with Gasteiger partial charge in [-0.25, -0.2) is 9.97 Å². The van der Waals surface area contributed by atoms with Gasteiger partial charge in [0.1, 0.15) is 5.82 Å². The van der Waals surface area contributed by atoms with E-state index in [1.807, 2.05) is 37.3 Å². The molecule has 1 saturated heterocycles. The summed E-state index contributed by atoms with van der Waals surface area (Å²) in [6.45, 7) is 4.57. The summed E-state index contributed by atoms with van der Waals surface area (Å²) in [5, 5.41) is 15.6. The van der Waals surface area contributed by atoms with E-state index in [4.69, 9.17) is 0 Å². The van der Waals surface area contributed by atoms with Gasteiger partial charge < -0.3 is 10.2 Å². The molecular weight excluding hydrogens is 342 g/mol. The third-order valence-corrected chi connectivity index (χ3v) is 4.98. The van der Waals surface area contributed by atoms with E-state index in [1.165, 1.54) is 6.07 Å². The molecule has 1 N–H and O–H groups in total. The fourth-order valence-corrected chi connectivity index (χ4v) is 3.68. The average Bonchev–Trinajstić information content (AvgIpc) is 3.15. The Morgan fingerprint density at radius 2 is 2.19 bits per heavy atom. The van der Waals surface area contributed by atoms with Crippen molar-refractivity contribution >= 4 is 28.1 Å². The monoisotopic (exact) mass is 363 g/mol. The van der Waals surface area contributed by atoms with Gasteiger partial charge in [0.05, 0.1) is 4.92 Å². The van der Waals surface area contributed by atoms with Gasteiger partial charge in [0, 0.05) is 48.7 Å². The summed E-state index contributed by atoms with van der Waals surface area (Å²) in [6.07, 6.45) is 2.85. The number of hydrogen-bond donors (Lipinski definition) is 1. The van der Waals surface area contributed by atoms with Gasteiger partial charge in [-0.15, -0.1) is 0 Å². The number of fused-ring (bicyclic) bond motifs is 1. The van der Waals surface area contributed by atoms with Crippen molar-refractivity contribution in [1.29, 1.82) is 0 Å². The molecule has 0 bridgehead atoms. The van der Waals surface area contributed by atoms with Crippen molar-refractivity contribution in [3.63, 3.8) is 0 Å². The molecule has 1 fully saturated rings. The Bertz CT molecular complexity index is 977. The Balaban J connectivity index is 1.56. The SMILES string of the molecule is Cc1cc(N2CCC(CNc3ccccn3)C2)c2cccc([N+](=O)[O-])c2n1. The Morgan fingerprint density at radius 1 is 1.30 bits per heavy atom. The summed E-state index contributed by atoms with van der Waals surface area (Å²) in [6, 6.07) is 13.0. The second-order valence-electron chi connectivity index (χ2n) is 6.91. The summed E-state index contributed by atoms with van der Waals surface area (Å²) in [5.41, 5.74) is 2.35. The molecule has 27 heavy (non-hydrogen) atoms. The summed E-state index contributed by atoms with van der Waals surface area (Å²) < 4.78 is 0. The number of pyridine rings is 2. The number of non-ortho nitro benzene ring substituents is 1. The molecule has 4 rings (SSSR count). The maximum Gasteiger partial charge on any atom is 0.295 e. The maximum atomic E-state index is 11.4. The Labute approximate surface area is 157 Å². The van der Waals surface area contributed by atoms with Gasteiger partial charge in [-0.3, -0.25) is 10.1 Å². The van der Waals surface area contributed by atoms with E-state index in [0.717, 1.165) is 48.6 Å². The number of aromatic nitrogens is 2. The lowest BCUT2D eigenvalue weighted by Crippen LogP contribution is -2.23. The van der Waals surface area contributed by atoms with Gasteiger partial charge in [-0.1, -0.05) is 18.2 Å². The van der Waals surface area contributed by atoms with Gasteiger partial charge in [0.2, 0.25) is 0 Å². The predicted octanol–water partition coefficient (Wildman–Crippen LogP) is 3.78. The average molecular weight is 363 g/mol. The number of benzene rings is 1. The third-order valence-electron chi connectivity index (χ3n) is 4.98. The van der Waals surface area contributed by atoms with Crippen molar-refractivity contribution < 1.29 is 4.92 Å². The Morgan fingerprint density at radius 3 is 2.96 bits per heavy atom. The van der Waals surface area contributed by atoms with E-state index >= 15 is 0 Å². The predicted molar refractivity (Wildman–Crippen MR) is 106 cm³/mol. The largest absolute Gasteiger partial charge is 0.371 e. The van der Waals surface area contributed by atoms with Crippen LogP contribution in [0.15, 0.2) is 48.7 Å². The minimum atomic E-state index is -0.359. The van der Waals surface area contributed by atoms with Gasteiger partial charge in [-0.2, -0.15) is 0 Å². The van der Waals surface area contributed by atoms with Crippen LogP contribution in [0.5, 0.6) is 0 Å². The maximum absolute atomic E-state index is 11.4. The van der Waals surface area contributed by atoms with Crippen LogP contribution >= 0.6 is 0 Å². The van der Waals surface area contributed by atoms with Crippen molar-refractivity contribution in [2.45, 2.75) is 13.3 Å². The normalized spacial score (nSPS) is 16.6. The zero-order valence-electron chi connectivity index (χ0n) is 15.1. The zero-order chi connectivity index (χ0) is 18.8. The Hall–Kier alpha value is -3.22. The van der Waals surface area contributed by atoms with Crippen molar-refractivity contribution in [3.05, 3.63) is 64.5 Å². The van der Waals surface area contributed by atoms with Gasteiger partial charge >= 0.3 is 0 Å². The summed E-state index contributed by atoms with van der Waals surface area (Å²) in [5.74, 6) is 1.38. The van der Waals surface area contributed by atoms with E-state index in [0.29, 0.717) is 11.4 Å². The Kier molecular flexibility index (Phi) is 4.58. The molecule has 138 valence electrons. The molecule has 0 radical (unpaired) electrons.